The van der Waals surface area contributed by atoms with Gasteiger partial charge in [0.25, 0.3) is 0 Å². The average molecular weight is 525 g/mol. The predicted octanol–water partition coefficient (Wildman–Crippen LogP) is 1.57. The van der Waals surface area contributed by atoms with E-state index in [4.69, 9.17) is 9.47 Å². The van der Waals surface area contributed by atoms with E-state index in [0.29, 0.717) is 23.7 Å². The number of hydrogen-bond acceptors (Lipinski definition) is 9. The van der Waals surface area contributed by atoms with Crippen LogP contribution in [0.25, 0.3) is 0 Å². The molecule has 0 aromatic rings. The van der Waals surface area contributed by atoms with Gasteiger partial charge in [0.05, 0.1) is 13.2 Å². The lowest BCUT2D eigenvalue weighted by atomic mass is 9.44. The van der Waals surface area contributed by atoms with Crippen molar-refractivity contribution in [3.05, 3.63) is 0 Å². The van der Waals surface area contributed by atoms with Crippen molar-refractivity contribution in [1.29, 1.82) is 0 Å². The van der Waals surface area contributed by atoms with E-state index in [0.717, 1.165) is 58.5 Å². The van der Waals surface area contributed by atoms with Gasteiger partial charge >= 0.3 is 5.97 Å². The number of rotatable bonds is 5. The Morgan fingerprint density at radius 1 is 0.865 bits per heavy atom. The van der Waals surface area contributed by atoms with Gasteiger partial charge in [-0.1, -0.05) is 13.8 Å². The number of carbonyl (C=O) groups excluding carboxylic acids is 2. The van der Waals surface area contributed by atoms with Crippen molar-refractivity contribution in [2.45, 2.75) is 108 Å². The van der Waals surface area contributed by atoms with Gasteiger partial charge in [-0.15, -0.1) is 0 Å². The number of ketones is 1. The Kier molecular flexibility index (Phi) is 7.53. The molecule has 5 fully saturated rings. The molecule has 0 amide bonds. The molecule has 1 aliphatic heterocycles. The highest BCUT2D eigenvalue weighted by Crippen LogP contribution is 2.67. The van der Waals surface area contributed by atoms with Crippen LogP contribution in [0.4, 0.5) is 0 Å². The molecule has 0 radical (unpaired) electrons. The molecule has 9 heteroatoms. The summed E-state index contributed by atoms with van der Waals surface area (Å²) in [4.78, 5) is 25.4. The molecule has 37 heavy (non-hydrogen) atoms. The summed E-state index contributed by atoms with van der Waals surface area (Å²) in [6.07, 6.45) is 1.18. The van der Waals surface area contributed by atoms with Crippen LogP contribution in [0.1, 0.15) is 71.6 Å². The zero-order valence-electron chi connectivity index (χ0n) is 22.3. The molecule has 4 aliphatic carbocycles. The minimum atomic E-state index is -1.67. The lowest BCUT2D eigenvalue weighted by Crippen LogP contribution is -2.60. The van der Waals surface area contributed by atoms with Crippen LogP contribution in [0.5, 0.6) is 0 Å². The van der Waals surface area contributed by atoms with Crippen molar-refractivity contribution in [3.63, 3.8) is 0 Å². The van der Waals surface area contributed by atoms with Gasteiger partial charge in [-0.05, 0) is 92.3 Å². The zero-order valence-corrected chi connectivity index (χ0v) is 22.3. The quantitative estimate of drug-likeness (QED) is 0.394. The smallest absolute Gasteiger partial charge is 0.337 e. The molecule has 0 bridgehead atoms. The molecule has 13 atom stereocenters. The maximum Gasteiger partial charge on any atom is 0.337 e. The zero-order chi connectivity index (χ0) is 26.7. The number of aliphatic hydroxyl groups is 4. The summed E-state index contributed by atoms with van der Waals surface area (Å²) in [6.45, 7) is 4.43. The lowest BCUT2D eigenvalue weighted by Gasteiger charge is -2.60. The van der Waals surface area contributed by atoms with Gasteiger partial charge in [-0.3, -0.25) is 4.79 Å². The normalized spacial score (nSPS) is 51.5. The number of aliphatic hydroxyl groups excluding tert-OH is 4. The second-order valence-electron chi connectivity index (χ2n) is 13.0. The van der Waals surface area contributed by atoms with E-state index in [-0.39, 0.29) is 35.2 Å². The largest absolute Gasteiger partial charge is 0.467 e. The van der Waals surface area contributed by atoms with Crippen molar-refractivity contribution >= 4 is 11.8 Å². The summed E-state index contributed by atoms with van der Waals surface area (Å²) in [5, 5.41) is 40.8. The summed E-state index contributed by atoms with van der Waals surface area (Å²) in [5.74, 6) is 1.25. The van der Waals surface area contributed by atoms with Crippen molar-refractivity contribution in [1.82, 2.24) is 0 Å². The molecular formula is C28H44O9. The fourth-order valence-electron chi connectivity index (χ4n) is 9.33. The van der Waals surface area contributed by atoms with Gasteiger partial charge in [0.2, 0.25) is 0 Å². The maximum atomic E-state index is 13.5. The number of ether oxygens (including phenoxy) is 3. The Balaban J connectivity index is 1.24. The fraction of sp³-hybridized carbons (Fsp3) is 0.929. The van der Waals surface area contributed by atoms with Gasteiger partial charge in [0, 0.05) is 5.92 Å². The van der Waals surface area contributed by atoms with Gasteiger partial charge in [0.1, 0.15) is 24.9 Å². The number of Topliss-reactive ketones (excluding diaryl/α,β-unsaturated/α-hetero) is 1. The van der Waals surface area contributed by atoms with Crippen LogP contribution >= 0.6 is 0 Å². The minimum Gasteiger partial charge on any atom is -0.467 e. The second-order valence-corrected chi connectivity index (χ2v) is 13.0. The van der Waals surface area contributed by atoms with Crippen molar-refractivity contribution in [3.8, 4) is 0 Å². The number of carbonyl (C=O) groups is 2. The third-order valence-electron chi connectivity index (χ3n) is 11.4. The van der Waals surface area contributed by atoms with Gasteiger partial charge in [0.15, 0.2) is 18.2 Å². The summed E-state index contributed by atoms with van der Waals surface area (Å²) < 4.78 is 15.6. The highest BCUT2D eigenvalue weighted by atomic mass is 16.7. The van der Waals surface area contributed by atoms with E-state index in [1.54, 1.807) is 0 Å². The lowest BCUT2D eigenvalue weighted by molar-refractivity contribution is -0.293. The molecule has 1 saturated heterocycles. The molecule has 4 saturated carbocycles. The molecule has 210 valence electrons. The fourth-order valence-corrected chi connectivity index (χ4v) is 9.33. The molecule has 9 nitrogen and oxygen atoms in total. The molecule has 1 heterocycles. The van der Waals surface area contributed by atoms with Crippen LogP contribution in [-0.4, -0.2) is 82.7 Å². The first kappa shape index (κ1) is 27.5. The van der Waals surface area contributed by atoms with Crippen LogP contribution in [0.3, 0.4) is 0 Å². The minimum absolute atomic E-state index is 0.0461. The van der Waals surface area contributed by atoms with Gasteiger partial charge < -0.3 is 34.6 Å². The van der Waals surface area contributed by atoms with E-state index in [1.807, 2.05) is 0 Å². The topological polar surface area (TPSA) is 143 Å². The van der Waals surface area contributed by atoms with Crippen LogP contribution in [0.2, 0.25) is 0 Å². The first-order chi connectivity index (χ1) is 17.5. The summed E-state index contributed by atoms with van der Waals surface area (Å²) >= 11 is 0. The van der Waals surface area contributed by atoms with E-state index in [9.17, 15) is 30.0 Å². The molecule has 0 aromatic carbocycles. The van der Waals surface area contributed by atoms with Gasteiger partial charge in [-0.2, -0.15) is 0 Å². The molecule has 0 aromatic heterocycles. The first-order valence-corrected chi connectivity index (χ1v) is 14.1. The Morgan fingerprint density at radius 2 is 1.57 bits per heavy atom. The summed E-state index contributed by atoms with van der Waals surface area (Å²) in [7, 11) is 1.13. The molecule has 0 unspecified atom stereocenters. The Morgan fingerprint density at radius 3 is 2.30 bits per heavy atom. The molecule has 4 N–H and O–H groups in total. The highest BCUT2D eigenvalue weighted by molar-refractivity contribution is 5.83. The van der Waals surface area contributed by atoms with Crippen LogP contribution in [0.15, 0.2) is 0 Å². The van der Waals surface area contributed by atoms with Crippen molar-refractivity contribution in [2.75, 3.05) is 13.7 Å². The summed E-state index contributed by atoms with van der Waals surface area (Å²) in [6, 6.07) is 0. The number of methoxy groups -OCH3 is 1. The molecule has 0 spiro atoms. The van der Waals surface area contributed by atoms with Crippen molar-refractivity contribution in [2.24, 2.45) is 40.4 Å². The highest BCUT2D eigenvalue weighted by Gasteiger charge is 2.61. The Hall–Kier alpha value is -1.10. The monoisotopic (exact) mass is 524 g/mol. The maximum absolute atomic E-state index is 13.5. The molecular weight excluding hydrogens is 480 g/mol. The van der Waals surface area contributed by atoms with E-state index in [1.165, 1.54) is 6.42 Å². The molecule has 5 rings (SSSR count). The van der Waals surface area contributed by atoms with Crippen LogP contribution in [-0.2, 0) is 23.8 Å². The second kappa shape index (κ2) is 10.1. The van der Waals surface area contributed by atoms with E-state index < -0.39 is 36.7 Å². The predicted molar refractivity (Wildman–Crippen MR) is 131 cm³/mol. The Labute approximate surface area is 218 Å². The van der Waals surface area contributed by atoms with E-state index in [2.05, 4.69) is 18.6 Å². The van der Waals surface area contributed by atoms with Crippen LogP contribution < -0.4 is 0 Å². The van der Waals surface area contributed by atoms with Crippen LogP contribution in [0, 0.1) is 40.4 Å². The van der Waals surface area contributed by atoms with Gasteiger partial charge in [-0.25, -0.2) is 4.79 Å². The Bertz CT molecular complexity index is 880. The average Bonchev–Trinajstić information content (AvgIpc) is 3.24. The number of fused-ring (bicyclic) bond motifs is 5. The first-order valence-electron chi connectivity index (χ1n) is 14.1. The summed E-state index contributed by atoms with van der Waals surface area (Å²) in [5.41, 5.74) is 0.181. The standard InChI is InChI=1S/C28H44O9/c1-27-10-8-15(29)12-14(27)4-5-16-17-6-7-19(28(17,2)11-9-18(16)27)20(30)13-36-26-23(33)21(31)22(32)24(37-26)25(34)35-3/h14-19,21-24,26,29,31-33H,4-13H2,1-3H3/t14-,15-,16+,17-,18-,19+,21-,22-,23+,24-,26+,27+,28-/m1/s1. The number of esters is 1. The SMILES string of the molecule is COC(=O)[C@@H]1O[C@H](OCC(=O)[C@@H]2CC[C@@H]3[C@@H]4CC[C@@H]5C[C@H](O)CC[C@]5(C)[C@@H]4CC[C@]32C)[C@@H](O)[C@H](O)[C@H]1O. The third kappa shape index (κ3) is 4.47. The number of hydrogen-bond donors (Lipinski definition) is 4. The van der Waals surface area contributed by atoms with E-state index >= 15 is 0 Å². The molecule has 5 aliphatic rings. The third-order valence-corrected chi connectivity index (χ3v) is 11.4. The van der Waals surface area contributed by atoms with Crippen molar-refractivity contribution < 1.29 is 44.2 Å².